The fourth-order valence-electron chi connectivity index (χ4n) is 3.28. The number of anilines is 1. The van der Waals surface area contributed by atoms with Crippen molar-refractivity contribution in [3.63, 3.8) is 0 Å². The number of pyridine rings is 1. The Morgan fingerprint density at radius 1 is 1.03 bits per heavy atom. The summed E-state index contributed by atoms with van der Waals surface area (Å²) in [6.07, 6.45) is 1.10. The minimum atomic E-state index is -3.44. The SMILES string of the molecule is COn1c(=O)c(-c2c(Cl)cccc2Cl)cc2c(N)nc(-c3cccc(S(C)(=O)=O)c3)nc21. The van der Waals surface area contributed by atoms with Crippen molar-refractivity contribution in [1.29, 1.82) is 0 Å². The fourth-order valence-corrected chi connectivity index (χ4v) is 4.55. The van der Waals surface area contributed by atoms with Crippen LogP contribution in [0.5, 0.6) is 0 Å². The minimum absolute atomic E-state index is 0.0602. The normalized spacial score (nSPS) is 11.6. The first-order chi connectivity index (χ1) is 15.1. The van der Waals surface area contributed by atoms with E-state index in [0.717, 1.165) is 11.0 Å². The standard InChI is InChI=1S/C21H16Cl2N4O4S/c1-31-27-20-14(10-13(21(27)28)17-15(22)7-4-8-16(17)23)18(24)25-19(26-20)11-5-3-6-12(9-11)32(2,29)30/h3-10H,1-2H3,(H2,24,25,26). The lowest BCUT2D eigenvalue weighted by molar-refractivity contribution is 0.168. The van der Waals surface area contributed by atoms with Crippen LogP contribution in [-0.4, -0.2) is 36.5 Å². The third kappa shape index (κ3) is 3.79. The number of hydrogen-bond acceptors (Lipinski definition) is 7. The van der Waals surface area contributed by atoms with Crippen LogP contribution in [-0.2, 0) is 9.84 Å². The molecule has 0 aliphatic carbocycles. The number of benzene rings is 2. The van der Waals surface area contributed by atoms with Crippen LogP contribution in [0.3, 0.4) is 0 Å². The highest BCUT2D eigenvalue weighted by Gasteiger charge is 2.20. The average Bonchev–Trinajstić information content (AvgIpc) is 2.74. The van der Waals surface area contributed by atoms with E-state index in [0.29, 0.717) is 16.5 Å². The predicted octanol–water partition coefficient (Wildman–Crippen LogP) is 3.48. The third-order valence-corrected chi connectivity index (χ3v) is 6.53. The smallest absolute Gasteiger partial charge is 0.293 e. The van der Waals surface area contributed by atoms with Crippen LogP contribution >= 0.6 is 23.2 Å². The van der Waals surface area contributed by atoms with Gasteiger partial charge < -0.3 is 10.6 Å². The molecule has 0 spiro atoms. The van der Waals surface area contributed by atoms with Gasteiger partial charge in [-0.05, 0) is 30.3 Å². The summed E-state index contributed by atoms with van der Waals surface area (Å²) in [6.45, 7) is 0. The zero-order valence-corrected chi connectivity index (χ0v) is 19.2. The van der Waals surface area contributed by atoms with E-state index in [4.69, 9.17) is 33.8 Å². The minimum Gasteiger partial charge on any atom is -0.412 e. The summed E-state index contributed by atoms with van der Waals surface area (Å²) in [5.74, 6) is 0.194. The maximum absolute atomic E-state index is 13.2. The van der Waals surface area contributed by atoms with Crippen LogP contribution < -0.4 is 16.1 Å². The molecule has 2 aromatic heterocycles. The number of hydrogen-bond donors (Lipinski definition) is 1. The molecule has 4 rings (SSSR count). The van der Waals surface area contributed by atoms with Crippen LogP contribution in [0, 0.1) is 0 Å². The van der Waals surface area contributed by atoms with Crippen LogP contribution in [0.15, 0.2) is 58.2 Å². The second-order valence-electron chi connectivity index (χ2n) is 6.91. The quantitative estimate of drug-likeness (QED) is 0.465. The Labute approximate surface area is 193 Å². The first-order valence-corrected chi connectivity index (χ1v) is 11.8. The highest BCUT2D eigenvalue weighted by molar-refractivity contribution is 7.90. The molecule has 0 unspecified atom stereocenters. The van der Waals surface area contributed by atoms with E-state index >= 15 is 0 Å². The van der Waals surface area contributed by atoms with Gasteiger partial charge in [0.05, 0.1) is 25.9 Å². The van der Waals surface area contributed by atoms with Crippen molar-refractivity contribution in [2.24, 2.45) is 0 Å². The van der Waals surface area contributed by atoms with Crippen LogP contribution in [0.2, 0.25) is 10.0 Å². The number of aromatic nitrogens is 3. The second-order valence-corrected chi connectivity index (χ2v) is 9.74. The molecule has 0 atom stereocenters. The molecule has 0 aliphatic heterocycles. The maximum atomic E-state index is 13.2. The molecular weight excluding hydrogens is 475 g/mol. The number of nitrogen functional groups attached to an aromatic ring is 1. The van der Waals surface area contributed by atoms with Gasteiger partial charge in [0, 0.05) is 17.4 Å². The molecular formula is C21H16Cl2N4O4S. The van der Waals surface area contributed by atoms with Gasteiger partial charge in [-0.2, -0.15) is 0 Å². The molecule has 4 aromatic rings. The Morgan fingerprint density at radius 2 is 1.69 bits per heavy atom. The molecule has 2 N–H and O–H groups in total. The number of nitrogens with two attached hydrogens (primary N) is 1. The number of fused-ring (bicyclic) bond motifs is 1. The summed E-state index contributed by atoms with van der Waals surface area (Å²) >= 11 is 12.6. The Balaban J connectivity index is 2.02. The molecule has 0 aliphatic rings. The van der Waals surface area contributed by atoms with Crippen molar-refractivity contribution in [1.82, 2.24) is 14.7 Å². The lowest BCUT2D eigenvalue weighted by Crippen LogP contribution is -2.27. The van der Waals surface area contributed by atoms with E-state index < -0.39 is 15.4 Å². The van der Waals surface area contributed by atoms with E-state index in [1.807, 2.05) is 0 Å². The van der Waals surface area contributed by atoms with Gasteiger partial charge in [0.15, 0.2) is 21.3 Å². The highest BCUT2D eigenvalue weighted by atomic mass is 35.5. The topological polar surface area (TPSA) is 117 Å². The molecule has 32 heavy (non-hydrogen) atoms. The van der Waals surface area contributed by atoms with Crippen molar-refractivity contribution in [3.05, 3.63) is 68.9 Å². The van der Waals surface area contributed by atoms with Crippen molar-refractivity contribution in [2.45, 2.75) is 4.90 Å². The molecule has 164 valence electrons. The molecule has 0 saturated carbocycles. The first-order valence-electron chi connectivity index (χ1n) is 9.14. The van der Waals surface area contributed by atoms with Crippen LogP contribution in [0.4, 0.5) is 5.82 Å². The van der Waals surface area contributed by atoms with Gasteiger partial charge in [0.2, 0.25) is 0 Å². The summed E-state index contributed by atoms with van der Waals surface area (Å²) < 4.78 is 24.8. The summed E-state index contributed by atoms with van der Waals surface area (Å²) in [5, 5.41) is 0.899. The molecule has 2 heterocycles. The van der Waals surface area contributed by atoms with Gasteiger partial charge in [-0.25, -0.2) is 18.4 Å². The molecule has 0 amide bonds. The Bertz CT molecular complexity index is 1530. The number of nitrogens with zero attached hydrogens (tertiary/aromatic N) is 3. The zero-order valence-electron chi connectivity index (χ0n) is 16.8. The Hall–Kier alpha value is -3.14. The number of halogens is 2. The fraction of sp³-hybridized carbons (Fsp3) is 0.0952. The number of rotatable bonds is 4. The van der Waals surface area contributed by atoms with Gasteiger partial charge >= 0.3 is 0 Å². The lowest BCUT2D eigenvalue weighted by Gasteiger charge is -2.14. The first kappa shape index (κ1) is 22.1. The van der Waals surface area contributed by atoms with E-state index in [1.165, 1.54) is 25.3 Å². The molecule has 8 nitrogen and oxygen atoms in total. The molecule has 2 aromatic carbocycles. The van der Waals surface area contributed by atoms with Crippen LogP contribution in [0.25, 0.3) is 33.5 Å². The highest BCUT2D eigenvalue weighted by Crippen LogP contribution is 2.34. The van der Waals surface area contributed by atoms with Gasteiger partial charge in [-0.3, -0.25) is 4.79 Å². The molecule has 0 fully saturated rings. The third-order valence-electron chi connectivity index (χ3n) is 4.79. The van der Waals surface area contributed by atoms with E-state index in [9.17, 15) is 13.2 Å². The Kier molecular flexibility index (Phi) is 5.58. The van der Waals surface area contributed by atoms with E-state index in [1.54, 1.807) is 30.3 Å². The second kappa shape index (κ2) is 8.09. The summed E-state index contributed by atoms with van der Waals surface area (Å²) in [6, 6.07) is 12.5. The van der Waals surface area contributed by atoms with Crippen molar-refractivity contribution in [2.75, 3.05) is 19.1 Å². The van der Waals surface area contributed by atoms with Gasteiger partial charge in [0.25, 0.3) is 5.56 Å². The average molecular weight is 491 g/mol. The van der Waals surface area contributed by atoms with E-state index in [2.05, 4.69) is 9.97 Å². The summed E-state index contributed by atoms with van der Waals surface area (Å²) in [7, 11) is -2.14. The monoisotopic (exact) mass is 490 g/mol. The van der Waals surface area contributed by atoms with E-state index in [-0.39, 0.29) is 37.8 Å². The van der Waals surface area contributed by atoms with Gasteiger partial charge in [-0.1, -0.05) is 41.4 Å². The van der Waals surface area contributed by atoms with Crippen LogP contribution in [0.1, 0.15) is 0 Å². The maximum Gasteiger partial charge on any atom is 0.293 e. The lowest BCUT2D eigenvalue weighted by atomic mass is 10.1. The molecule has 0 bridgehead atoms. The molecule has 11 heteroatoms. The molecule has 0 radical (unpaired) electrons. The van der Waals surface area contributed by atoms with Gasteiger partial charge in [0.1, 0.15) is 12.9 Å². The Morgan fingerprint density at radius 3 is 2.31 bits per heavy atom. The number of sulfone groups is 1. The zero-order chi connectivity index (χ0) is 23.2. The van der Waals surface area contributed by atoms with Crippen molar-refractivity contribution in [3.8, 4) is 22.5 Å². The summed E-state index contributed by atoms with van der Waals surface area (Å²) in [4.78, 5) is 27.3. The largest absolute Gasteiger partial charge is 0.412 e. The summed E-state index contributed by atoms with van der Waals surface area (Å²) in [5.41, 5.74) is 6.67. The predicted molar refractivity (Wildman–Crippen MR) is 125 cm³/mol. The van der Waals surface area contributed by atoms with Crippen molar-refractivity contribution < 1.29 is 13.3 Å². The van der Waals surface area contributed by atoms with Crippen molar-refractivity contribution >= 4 is 49.9 Å². The van der Waals surface area contributed by atoms with Gasteiger partial charge in [-0.15, -0.1) is 4.73 Å². The molecule has 0 saturated heterocycles.